The standard InChI is InChI=1S/C16H22N4O4/c1-22-10-9-20-8-7-14(19-20)18-16(21)17-11-12-5-4-6-13(23-2)15(12)24-3/h4-8H,9-11H2,1-3H3,(H2,17,18,19,21). The van der Waals surface area contributed by atoms with Crippen molar-refractivity contribution >= 4 is 11.8 Å². The van der Waals surface area contributed by atoms with Crippen LogP contribution >= 0.6 is 0 Å². The Hall–Kier alpha value is -2.74. The number of benzene rings is 1. The Bertz CT molecular complexity index is 672. The Morgan fingerprint density at radius 2 is 2.04 bits per heavy atom. The molecule has 0 saturated heterocycles. The van der Waals surface area contributed by atoms with E-state index in [0.717, 1.165) is 5.56 Å². The third-order valence-electron chi connectivity index (χ3n) is 3.33. The average molecular weight is 334 g/mol. The molecule has 24 heavy (non-hydrogen) atoms. The fourth-order valence-electron chi connectivity index (χ4n) is 2.17. The predicted octanol–water partition coefficient (Wildman–Crippen LogP) is 1.87. The normalized spacial score (nSPS) is 10.3. The number of rotatable bonds is 8. The van der Waals surface area contributed by atoms with Crippen LogP contribution in [-0.4, -0.2) is 43.7 Å². The van der Waals surface area contributed by atoms with Gasteiger partial charge in [-0.15, -0.1) is 0 Å². The summed E-state index contributed by atoms with van der Waals surface area (Å²) in [6.07, 6.45) is 1.78. The number of methoxy groups -OCH3 is 3. The lowest BCUT2D eigenvalue weighted by molar-refractivity contribution is 0.183. The first-order valence-electron chi connectivity index (χ1n) is 7.45. The number of hydrogen-bond acceptors (Lipinski definition) is 5. The van der Waals surface area contributed by atoms with Crippen LogP contribution in [0.2, 0.25) is 0 Å². The first-order valence-corrected chi connectivity index (χ1v) is 7.45. The van der Waals surface area contributed by atoms with Crippen LogP contribution in [-0.2, 0) is 17.8 Å². The van der Waals surface area contributed by atoms with Gasteiger partial charge in [0, 0.05) is 31.5 Å². The zero-order chi connectivity index (χ0) is 17.4. The Labute approximate surface area is 140 Å². The molecule has 2 N–H and O–H groups in total. The molecule has 0 saturated carbocycles. The number of ether oxygens (including phenoxy) is 3. The van der Waals surface area contributed by atoms with E-state index in [9.17, 15) is 4.79 Å². The second kappa shape index (κ2) is 8.78. The van der Waals surface area contributed by atoms with Crippen LogP contribution in [0.25, 0.3) is 0 Å². The molecule has 8 nitrogen and oxygen atoms in total. The minimum absolute atomic E-state index is 0.302. The van der Waals surface area contributed by atoms with Gasteiger partial charge < -0.3 is 19.5 Å². The number of anilines is 1. The molecule has 1 heterocycles. The second-order valence-electron chi connectivity index (χ2n) is 4.92. The lowest BCUT2D eigenvalue weighted by Crippen LogP contribution is -2.28. The van der Waals surface area contributed by atoms with Gasteiger partial charge in [-0.05, 0) is 6.07 Å². The van der Waals surface area contributed by atoms with Gasteiger partial charge in [0.2, 0.25) is 0 Å². The Balaban J connectivity index is 1.90. The number of urea groups is 1. The minimum atomic E-state index is -0.350. The van der Waals surface area contributed by atoms with Crippen LogP contribution in [0, 0.1) is 0 Å². The van der Waals surface area contributed by atoms with Crippen molar-refractivity contribution in [2.45, 2.75) is 13.1 Å². The van der Waals surface area contributed by atoms with Gasteiger partial charge in [-0.1, -0.05) is 12.1 Å². The van der Waals surface area contributed by atoms with Crippen LogP contribution < -0.4 is 20.1 Å². The van der Waals surface area contributed by atoms with Crippen molar-refractivity contribution in [2.24, 2.45) is 0 Å². The van der Waals surface area contributed by atoms with Gasteiger partial charge >= 0.3 is 6.03 Å². The molecule has 0 atom stereocenters. The maximum atomic E-state index is 12.0. The molecule has 0 aliphatic heterocycles. The van der Waals surface area contributed by atoms with Crippen LogP contribution in [0.4, 0.5) is 10.6 Å². The van der Waals surface area contributed by atoms with Gasteiger partial charge in [-0.2, -0.15) is 5.10 Å². The summed E-state index contributed by atoms with van der Waals surface area (Å²) in [5, 5.41) is 9.67. The quantitative estimate of drug-likeness (QED) is 0.769. The molecule has 0 aliphatic carbocycles. The van der Waals surface area contributed by atoms with Gasteiger partial charge in [0.05, 0.1) is 27.4 Å². The van der Waals surface area contributed by atoms with Crippen molar-refractivity contribution in [1.29, 1.82) is 0 Å². The highest BCUT2D eigenvalue weighted by molar-refractivity contribution is 5.88. The number of nitrogens with zero attached hydrogens (tertiary/aromatic N) is 2. The van der Waals surface area contributed by atoms with Gasteiger partial charge in [-0.3, -0.25) is 10.00 Å². The number of para-hydroxylation sites is 1. The summed E-state index contributed by atoms with van der Waals surface area (Å²) in [7, 11) is 4.76. The van der Waals surface area contributed by atoms with Gasteiger partial charge in [0.1, 0.15) is 0 Å². The van der Waals surface area contributed by atoms with Crippen molar-refractivity contribution in [3.05, 3.63) is 36.0 Å². The maximum Gasteiger partial charge on any atom is 0.320 e. The van der Waals surface area contributed by atoms with E-state index < -0.39 is 0 Å². The first-order chi connectivity index (χ1) is 11.7. The zero-order valence-corrected chi connectivity index (χ0v) is 14.0. The third-order valence-corrected chi connectivity index (χ3v) is 3.33. The van der Waals surface area contributed by atoms with Crippen LogP contribution in [0.15, 0.2) is 30.5 Å². The highest BCUT2D eigenvalue weighted by atomic mass is 16.5. The molecule has 1 aromatic carbocycles. The summed E-state index contributed by atoms with van der Waals surface area (Å²) in [4.78, 5) is 12.0. The molecule has 1 aromatic heterocycles. The minimum Gasteiger partial charge on any atom is -0.493 e. The van der Waals surface area contributed by atoms with Crippen LogP contribution in [0.1, 0.15) is 5.56 Å². The number of carbonyl (C=O) groups is 1. The Morgan fingerprint density at radius 3 is 2.75 bits per heavy atom. The van der Waals surface area contributed by atoms with Crippen molar-refractivity contribution in [3.8, 4) is 11.5 Å². The van der Waals surface area contributed by atoms with E-state index >= 15 is 0 Å². The highest BCUT2D eigenvalue weighted by Gasteiger charge is 2.11. The second-order valence-corrected chi connectivity index (χ2v) is 4.92. The SMILES string of the molecule is COCCn1ccc(NC(=O)NCc2cccc(OC)c2OC)n1. The van der Waals surface area contributed by atoms with Crippen LogP contribution in [0.3, 0.4) is 0 Å². The van der Waals surface area contributed by atoms with Crippen LogP contribution in [0.5, 0.6) is 11.5 Å². The molecule has 2 rings (SSSR count). The summed E-state index contributed by atoms with van der Waals surface area (Å²) in [5.74, 6) is 1.69. The fourth-order valence-corrected chi connectivity index (χ4v) is 2.17. The first kappa shape index (κ1) is 17.6. The largest absolute Gasteiger partial charge is 0.493 e. The predicted molar refractivity (Wildman–Crippen MR) is 89.5 cm³/mol. The Morgan fingerprint density at radius 1 is 1.21 bits per heavy atom. The van der Waals surface area contributed by atoms with Crippen molar-refractivity contribution < 1.29 is 19.0 Å². The van der Waals surface area contributed by atoms with E-state index in [2.05, 4.69) is 15.7 Å². The topological polar surface area (TPSA) is 86.6 Å². The molecule has 0 fully saturated rings. The molecule has 0 unspecified atom stereocenters. The number of carbonyl (C=O) groups excluding carboxylic acids is 1. The molecule has 0 spiro atoms. The number of hydrogen-bond donors (Lipinski definition) is 2. The fraction of sp³-hybridized carbons (Fsp3) is 0.375. The highest BCUT2D eigenvalue weighted by Crippen LogP contribution is 2.30. The molecule has 0 aliphatic rings. The molecule has 0 radical (unpaired) electrons. The third kappa shape index (κ3) is 4.63. The molecular weight excluding hydrogens is 312 g/mol. The number of aromatic nitrogens is 2. The summed E-state index contributed by atoms with van der Waals surface area (Å²) in [6, 6.07) is 6.88. The van der Waals surface area contributed by atoms with E-state index in [0.29, 0.717) is 37.0 Å². The molecule has 2 aromatic rings. The number of amides is 2. The molecule has 0 bridgehead atoms. The zero-order valence-electron chi connectivity index (χ0n) is 14.0. The van der Waals surface area contributed by atoms with E-state index in [1.54, 1.807) is 44.3 Å². The van der Waals surface area contributed by atoms with Crippen molar-refractivity contribution in [3.63, 3.8) is 0 Å². The lowest BCUT2D eigenvalue weighted by atomic mass is 10.2. The average Bonchev–Trinajstić information content (AvgIpc) is 3.04. The summed E-state index contributed by atoms with van der Waals surface area (Å²) < 4.78 is 17.3. The molecule has 130 valence electrons. The summed E-state index contributed by atoms with van der Waals surface area (Å²) in [6.45, 7) is 1.49. The van der Waals surface area contributed by atoms with Crippen molar-refractivity contribution in [1.82, 2.24) is 15.1 Å². The molecule has 8 heteroatoms. The smallest absolute Gasteiger partial charge is 0.320 e. The van der Waals surface area contributed by atoms with E-state index in [-0.39, 0.29) is 6.03 Å². The molecular formula is C16H22N4O4. The van der Waals surface area contributed by atoms with E-state index in [1.807, 2.05) is 12.1 Å². The van der Waals surface area contributed by atoms with E-state index in [4.69, 9.17) is 14.2 Å². The Kier molecular flexibility index (Phi) is 6.44. The monoisotopic (exact) mass is 334 g/mol. The summed E-state index contributed by atoms with van der Waals surface area (Å²) in [5.41, 5.74) is 0.817. The van der Waals surface area contributed by atoms with Gasteiger partial charge in [-0.25, -0.2) is 4.79 Å². The van der Waals surface area contributed by atoms with Gasteiger partial charge in [0.25, 0.3) is 0 Å². The van der Waals surface area contributed by atoms with E-state index in [1.165, 1.54) is 0 Å². The maximum absolute atomic E-state index is 12.0. The summed E-state index contributed by atoms with van der Waals surface area (Å²) >= 11 is 0. The van der Waals surface area contributed by atoms with Gasteiger partial charge in [0.15, 0.2) is 17.3 Å². The lowest BCUT2D eigenvalue weighted by Gasteiger charge is -2.13. The van der Waals surface area contributed by atoms with Crippen molar-refractivity contribution in [2.75, 3.05) is 33.3 Å². The molecule has 2 amide bonds. The number of nitrogens with one attached hydrogen (secondary N) is 2.